The summed E-state index contributed by atoms with van der Waals surface area (Å²) >= 11 is 0. The van der Waals surface area contributed by atoms with Crippen LogP contribution >= 0.6 is 0 Å². The van der Waals surface area contributed by atoms with Gasteiger partial charge in [0.2, 0.25) is 0 Å². The third-order valence-electron chi connectivity index (χ3n) is 4.92. The average Bonchev–Trinajstić information content (AvgIpc) is 3.04. The van der Waals surface area contributed by atoms with Crippen molar-refractivity contribution in [1.29, 1.82) is 0 Å². The molecule has 0 aromatic heterocycles. The summed E-state index contributed by atoms with van der Waals surface area (Å²) in [7, 11) is 0. The van der Waals surface area contributed by atoms with Crippen LogP contribution in [0.4, 0.5) is 0 Å². The fourth-order valence-corrected chi connectivity index (χ4v) is 3.53. The van der Waals surface area contributed by atoms with Gasteiger partial charge in [0, 0.05) is 12.5 Å². The first-order chi connectivity index (χ1) is 10.8. The molecule has 3 aliphatic rings. The molecule has 6 heteroatoms. The zero-order chi connectivity index (χ0) is 16.8. The second kappa shape index (κ2) is 5.76. The van der Waals surface area contributed by atoms with Crippen molar-refractivity contribution in [3.8, 4) is 0 Å². The van der Waals surface area contributed by atoms with Crippen molar-refractivity contribution in [2.24, 2.45) is 5.92 Å². The van der Waals surface area contributed by atoms with Crippen molar-refractivity contribution in [3.63, 3.8) is 0 Å². The van der Waals surface area contributed by atoms with Crippen LogP contribution in [0.5, 0.6) is 0 Å². The Kier molecular flexibility index (Phi) is 4.06. The Balaban J connectivity index is 1.83. The SMILES string of the molecule is C=C1C(=O)O[C@H]2[C@H]1[C@H](O)C/C(COC(C)=O)=C/CC[C@@]1(C)O[C@@H]21. The largest absolute Gasteiger partial charge is 0.461 e. The molecular weight excluding hydrogens is 300 g/mol. The van der Waals surface area contributed by atoms with Gasteiger partial charge in [-0.1, -0.05) is 12.7 Å². The van der Waals surface area contributed by atoms with Crippen molar-refractivity contribution in [1.82, 2.24) is 0 Å². The molecule has 1 aliphatic carbocycles. The van der Waals surface area contributed by atoms with Crippen LogP contribution in [0.25, 0.3) is 0 Å². The summed E-state index contributed by atoms with van der Waals surface area (Å²) in [5.74, 6) is -1.33. The molecule has 0 unspecified atom stereocenters. The van der Waals surface area contributed by atoms with Gasteiger partial charge in [-0.25, -0.2) is 4.79 Å². The Bertz CT molecular complexity index is 580. The lowest BCUT2D eigenvalue weighted by atomic mass is 9.82. The number of ether oxygens (including phenoxy) is 3. The minimum Gasteiger partial charge on any atom is -0.461 e. The summed E-state index contributed by atoms with van der Waals surface area (Å²) in [5.41, 5.74) is 0.766. The molecule has 2 fully saturated rings. The van der Waals surface area contributed by atoms with Gasteiger partial charge >= 0.3 is 11.9 Å². The number of allylic oxidation sites excluding steroid dienone is 1. The smallest absolute Gasteiger partial charge is 0.334 e. The molecule has 0 bridgehead atoms. The minimum atomic E-state index is -0.827. The van der Waals surface area contributed by atoms with Crippen LogP contribution in [0.15, 0.2) is 23.8 Å². The molecule has 6 nitrogen and oxygen atoms in total. The van der Waals surface area contributed by atoms with Gasteiger partial charge in [-0.2, -0.15) is 0 Å². The van der Waals surface area contributed by atoms with E-state index >= 15 is 0 Å². The van der Waals surface area contributed by atoms with Gasteiger partial charge in [0.05, 0.1) is 17.6 Å². The number of fused-ring (bicyclic) bond motifs is 3. The van der Waals surface area contributed by atoms with Crippen LogP contribution in [-0.2, 0) is 23.8 Å². The van der Waals surface area contributed by atoms with Gasteiger partial charge in [0.25, 0.3) is 0 Å². The lowest BCUT2D eigenvalue weighted by molar-refractivity contribution is -0.141. The molecule has 3 rings (SSSR count). The van der Waals surface area contributed by atoms with Crippen LogP contribution in [0.2, 0.25) is 0 Å². The lowest BCUT2D eigenvalue weighted by Gasteiger charge is -2.24. The summed E-state index contributed by atoms with van der Waals surface area (Å²) in [5, 5.41) is 10.6. The Labute approximate surface area is 135 Å². The van der Waals surface area contributed by atoms with E-state index in [2.05, 4.69) is 6.58 Å². The van der Waals surface area contributed by atoms with Crippen LogP contribution < -0.4 is 0 Å². The van der Waals surface area contributed by atoms with Gasteiger partial charge in [-0.3, -0.25) is 4.79 Å². The first kappa shape index (κ1) is 16.2. The van der Waals surface area contributed by atoms with E-state index in [4.69, 9.17) is 14.2 Å². The number of carbonyl (C=O) groups is 2. The maximum absolute atomic E-state index is 11.9. The molecule has 0 saturated carbocycles. The number of esters is 2. The van der Waals surface area contributed by atoms with Gasteiger partial charge in [0.15, 0.2) is 0 Å². The summed E-state index contributed by atoms with van der Waals surface area (Å²) in [6.45, 7) is 7.25. The highest BCUT2D eigenvalue weighted by molar-refractivity contribution is 5.91. The Morgan fingerprint density at radius 1 is 1.57 bits per heavy atom. The molecule has 0 aromatic carbocycles. The first-order valence-electron chi connectivity index (χ1n) is 7.89. The van der Waals surface area contributed by atoms with Gasteiger partial charge in [-0.15, -0.1) is 0 Å². The second-order valence-corrected chi connectivity index (χ2v) is 6.72. The Morgan fingerprint density at radius 2 is 2.30 bits per heavy atom. The molecule has 126 valence electrons. The monoisotopic (exact) mass is 322 g/mol. The molecule has 1 N–H and O–H groups in total. The van der Waals surface area contributed by atoms with E-state index in [0.29, 0.717) is 6.42 Å². The molecule has 0 amide bonds. The lowest BCUT2D eigenvalue weighted by Crippen LogP contribution is -2.36. The predicted octanol–water partition coefficient (Wildman–Crippen LogP) is 1.28. The summed E-state index contributed by atoms with van der Waals surface area (Å²) in [6, 6.07) is 0. The molecule has 23 heavy (non-hydrogen) atoms. The molecule has 2 aliphatic heterocycles. The van der Waals surface area contributed by atoms with E-state index in [-0.39, 0.29) is 29.9 Å². The van der Waals surface area contributed by atoms with E-state index < -0.39 is 24.1 Å². The van der Waals surface area contributed by atoms with Crippen LogP contribution in [0, 0.1) is 5.92 Å². The molecule has 0 spiro atoms. The number of aliphatic hydroxyl groups is 1. The van der Waals surface area contributed by atoms with E-state index in [1.807, 2.05) is 13.0 Å². The third kappa shape index (κ3) is 3.05. The molecular formula is C17H22O6. The van der Waals surface area contributed by atoms with Gasteiger partial charge < -0.3 is 19.3 Å². The summed E-state index contributed by atoms with van der Waals surface area (Å²) < 4.78 is 16.2. The van der Waals surface area contributed by atoms with Crippen molar-refractivity contribution < 1.29 is 28.9 Å². The topological polar surface area (TPSA) is 85.4 Å². The van der Waals surface area contributed by atoms with Crippen LogP contribution in [0.1, 0.15) is 33.1 Å². The standard InChI is InChI=1S/C17H22O6/c1-9-13-12(19)7-11(8-21-10(2)18)5-4-6-17(3)15(23-17)14(13)22-16(9)20/h5,12-15,19H,1,4,6-8H2,2-3H3/b11-5-/t12-,13-,14+,15+,17-/m1/s1. The zero-order valence-corrected chi connectivity index (χ0v) is 13.4. The molecule has 0 aromatic rings. The molecule has 2 saturated heterocycles. The number of carbonyl (C=O) groups excluding carboxylic acids is 2. The highest BCUT2D eigenvalue weighted by atomic mass is 16.6. The van der Waals surface area contributed by atoms with E-state index in [1.165, 1.54) is 6.92 Å². The third-order valence-corrected chi connectivity index (χ3v) is 4.92. The average molecular weight is 322 g/mol. The van der Waals surface area contributed by atoms with Crippen molar-refractivity contribution >= 4 is 11.9 Å². The van der Waals surface area contributed by atoms with Gasteiger partial charge in [-0.05, 0) is 31.8 Å². The number of hydrogen-bond acceptors (Lipinski definition) is 6. The van der Waals surface area contributed by atoms with E-state index in [9.17, 15) is 14.7 Å². The van der Waals surface area contributed by atoms with Crippen molar-refractivity contribution in [2.75, 3.05) is 6.61 Å². The van der Waals surface area contributed by atoms with E-state index in [1.54, 1.807) is 0 Å². The molecule has 5 atom stereocenters. The molecule has 0 radical (unpaired) electrons. The zero-order valence-electron chi connectivity index (χ0n) is 13.4. The first-order valence-corrected chi connectivity index (χ1v) is 7.89. The van der Waals surface area contributed by atoms with E-state index in [0.717, 1.165) is 18.4 Å². The highest BCUT2D eigenvalue weighted by Crippen LogP contribution is 2.49. The van der Waals surface area contributed by atoms with Crippen LogP contribution in [-0.4, -0.2) is 47.6 Å². The quantitative estimate of drug-likeness (QED) is 0.357. The highest BCUT2D eigenvalue weighted by Gasteiger charge is 2.62. The summed E-state index contributed by atoms with van der Waals surface area (Å²) in [6.07, 6.45) is 2.31. The Hall–Kier alpha value is -1.66. The molecule has 2 heterocycles. The van der Waals surface area contributed by atoms with Crippen molar-refractivity contribution in [2.45, 2.75) is 57.0 Å². The fraction of sp³-hybridized carbons (Fsp3) is 0.647. The predicted molar refractivity (Wildman–Crippen MR) is 80.4 cm³/mol. The maximum atomic E-state index is 11.9. The number of rotatable bonds is 2. The fourth-order valence-electron chi connectivity index (χ4n) is 3.53. The minimum absolute atomic E-state index is 0.145. The maximum Gasteiger partial charge on any atom is 0.334 e. The van der Waals surface area contributed by atoms with Crippen molar-refractivity contribution in [3.05, 3.63) is 23.8 Å². The summed E-state index contributed by atoms with van der Waals surface area (Å²) in [4.78, 5) is 22.9. The number of hydrogen-bond donors (Lipinski definition) is 1. The van der Waals surface area contributed by atoms with Gasteiger partial charge in [0.1, 0.15) is 18.8 Å². The Morgan fingerprint density at radius 3 is 3.00 bits per heavy atom. The number of aliphatic hydroxyl groups excluding tert-OH is 1. The second-order valence-electron chi connectivity index (χ2n) is 6.72. The van der Waals surface area contributed by atoms with Crippen LogP contribution in [0.3, 0.4) is 0 Å². The normalized spacial score (nSPS) is 42.0. The number of epoxide rings is 1.